The molecule has 2 nitrogen and oxygen atoms in total. The van der Waals surface area contributed by atoms with E-state index in [9.17, 15) is 0 Å². The molecule has 1 aromatic carbocycles. The molecule has 0 unspecified atom stereocenters. The van der Waals surface area contributed by atoms with E-state index in [2.05, 4.69) is 29.3 Å². The molecule has 0 aromatic heterocycles. The maximum absolute atomic E-state index is 6.15. The highest BCUT2D eigenvalue weighted by atomic mass is 35.5. The fourth-order valence-electron chi connectivity index (χ4n) is 2.54. The normalized spacial score (nSPS) is 17.9. The van der Waals surface area contributed by atoms with Gasteiger partial charge in [-0.25, -0.2) is 0 Å². The standard InChI is InChI=1S/C15H23ClN2/c1-3-8-18-9-6-13(7-10-18)17-14-5-4-12(2)15(16)11-14/h4-5,11,13,17H,3,6-10H2,1-2H3. The summed E-state index contributed by atoms with van der Waals surface area (Å²) in [5.41, 5.74) is 2.29. The number of likely N-dealkylation sites (tertiary alicyclic amines) is 1. The minimum Gasteiger partial charge on any atom is -0.382 e. The van der Waals surface area contributed by atoms with E-state index in [1.54, 1.807) is 0 Å². The van der Waals surface area contributed by atoms with E-state index < -0.39 is 0 Å². The lowest BCUT2D eigenvalue weighted by Gasteiger charge is -2.32. The molecule has 0 saturated carbocycles. The van der Waals surface area contributed by atoms with E-state index in [4.69, 9.17) is 11.6 Å². The molecule has 0 spiro atoms. The number of piperidine rings is 1. The summed E-state index contributed by atoms with van der Waals surface area (Å²) in [6.45, 7) is 7.95. The first-order valence-electron chi connectivity index (χ1n) is 6.94. The molecule has 1 aliphatic heterocycles. The lowest BCUT2D eigenvalue weighted by Crippen LogP contribution is -2.39. The summed E-state index contributed by atoms with van der Waals surface area (Å²) in [6.07, 6.45) is 3.71. The van der Waals surface area contributed by atoms with Crippen molar-refractivity contribution in [3.05, 3.63) is 28.8 Å². The number of nitrogens with one attached hydrogen (secondary N) is 1. The topological polar surface area (TPSA) is 15.3 Å². The molecule has 1 saturated heterocycles. The minimum atomic E-state index is 0.594. The molecule has 0 aliphatic carbocycles. The number of nitrogens with zero attached hydrogens (tertiary/aromatic N) is 1. The predicted octanol–water partition coefficient (Wildman–Crippen LogP) is 3.93. The van der Waals surface area contributed by atoms with Crippen molar-refractivity contribution in [1.29, 1.82) is 0 Å². The van der Waals surface area contributed by atoms with Crippen molar-refractivity contribution >= 4 is 17.3 Å². The van der Waals surface area contributed by atoms with E-state index in [0.717, 1.165) is 16.3 Å². The van der Waals surface area contributed by atoms with Crippen molar-refractivity contribution in [1.82, 2.24) is 4.90 Å². The Morgan fingerprint density at radius 1 is 1.33 bits per heavy atom. The predicted molar refractivity (Wildman–Crippen MR) is 79.6 cm³/mol. The van der Waals surface area contributed by atoms with Gasteiger partial charge in [-0.2, -0.15) is 0 Å². The van der Waals surface area contributed by atoms with Crippen LogP contribution in [0.25, 0.3) is 0 Å². The van der Waals surface area contributed by atoms with Gasteiger partial charge in [0.1, 0.15) is 0 Å². The SMILES string of the molecule is CCCN1CCC(Nc2ccc(C)c(Cl)c2)CC1. The molecular formula is C15H23ClN2. The average Bonchev–Trinajstić information content (AvgIpc) is 2.37. The second kappa shape index (κ2) is 6.44. The van der Waals surface area contributed by atoms with Gasteiger partial charge in [-0.1, -0.05) is 24.6 Å². The van der Waals surface area contributed by atoms with Crippen molar-refractivity contribution < 1.29 is 0 Å². The van der Waals surface area contributed by atoms with Gasteiger partial charge in [0.15, 0.2) is 0 Å². The van der Waals surface area contributed by atoms with Crippen LogP contribution < -0.4 is 5.32 Å². The van der Waals surface area contributed by atoms with Crippen LogP contribution in [0.15, 0.2) is 18.2 Å². The highest BCUT2D eigenvalue weighted by molar-refractivity contribution is 6.31. The third-order valence-electron chi connectivity index (χ3n) is 3.67. The third-order valence-corrected chi connectivity index (χ3v) is 4.08. The zero-order valence-electron chi connectivity index (χ0n) is 11.4. The summed E-state index contributed by atoms with van der Waals surface area (Å²) in [5.74, 6) is 0. The Kier molecular flexibility index (Phi) is 4.90. The molecule has 0 radical (unpaired) electrons. The maximum Gasteiger partial charge on any atom is 0.0455 e. The monoisotopic (exact) mass is 266 g/mol. The Bertz CT molecular complexity index is 384. The van der Waals surface area contributed by atoms with Crippen LogP contribution in [0.1, 0.15) is 31.7 Å². The Labute approximate surface area is 115 Å². The van der Waals surface area contributed by atoms with Crippen molar-refractivity contribution in [2.45, 2.75) is 39.2 Å². The Morgan fingerprint density at radius 2 is 2.06 bits per heavy atom. The van der Waals surface area contributed by atoms with Crippen LogP contribution in [0.5, 0.6) is 0 Å². The molecule has 1 fully saturated rings. The van der Waals surface area contributed by atoms with Gasteiger partial charge >= 0.3 is 0 Å². The molecule has 2 rings (SSSR count). The van der Waals surface area contributed by atoms with Gasteiger partial charge in [-0.3, -0.25) is 0 Å². The second-order valence-corrected chi connectivity index (χ2v) is 5.63. The fourth-order valence-corrected chi connectivity index (χ4v) is 2.72. The first kappa shape index (κ1) is 13.7. The summed E-state index contributed by atoms with van der Waals surface area (Å²) < 4.78 is 0. The number of rotatable bonds is 4. The van der Waals surface area contributed by atoms with E-state index in [1.807, 2.05) is 13.0 Å². The molecule has 100 valence electrons. The van der Waals surface area contributed by atoms with Gasteiger partial charge in [-0.05, 0) is 50.4 Å². The summed E-state index contributed by atoms with van der Waals surface area (Å²) >= 11 is 6.15. The highest BCUT2D eigenvalue weighted by Crippen LogP contribution is 2.22. The first-order chi connectivity index (χ1) is 8.69. The Hall–Kier alpha value is -0.730. The molecule has 1 heterocycles. The molecule has 0 bridgehead atoms. The number of aryl methyl sites for hydroxylation is 1. The lowest BCUT2D eigenvalue weighted by atomic mass is 10.0. The third kappa shape index (κ3) is 3.63. The van der Waals surface area contributed by atoms with Crippen molar-refractivity contribution in [2.24, 2.45) is 0 Å². The number of hydrogen-bond acceptors (Lipinski definition) is 2. The van der Waals surface area contributed by atoms with Gasteiger partial charge < -0.3 is 10.2 Å². The zero-order valence-corrected chi connectivity index (χ0v) is 12.1. The first-order valence-corrected chi connectivity index (χ1v) is 7.32. The number of hydrogen-bond donors (Lipinski definition) is 1. The molecule has 1 aromatic rings. The van der Waals surface area contributed by atoms with Gasteiger partial charge in [0.2, 0.25) is 0 Å². The summed E-state index contributed by atoms with van der Waals surface area (Å²) in [5, 5.41) is 4.45. The van der Waals surface area contributed by atoms with Crippen LogP contribution in [-0.4, -0.2) is 30.6 Å². The lowest BCUT2D eigenvalue weighted by molar-refractivity contribution is 0.219. The van der Waals surface area contributed by atoms with Crippen LogP contribution in [0.4, 0.5) is 5.69 Å². The molecule has 0 atom stereocenters. The van der Waals surface area contributed by atoms with Crippen LogP contribution in [0.2, 0.25) is 5.02 Å². The zero-order chi connectivity index (χ0) is 13.0. The largest absolute Gasteiger partial charge is 0.382 e. The van der Waals surface area contributed by atoms with Gasteiger partial charge in [-0.15, -0.1) is 0 Å². The molecular weight excluding hydrogens is 244 g/mol. The van der Waals surface area contributed by atoms with Gasteiger partial charge in [0, 0.05) is 29.8 Å². The van der Waals surface area contributed by atoms with Crippen LogP contribution in [0.3, 0.4) is 0 Å². The number of halogens is 1. The molecule has 0 amide bonds. The van der Waals surface area contributed by atoms with Crippen molar-refractivity contribution in [3.63, 3.8) is 0 Å². The van der Waals surface area contributed by atoms with E-state index in [-0.39, 0.29) is 0 Å². The highest BCUT2D eigenvalue weighted by Gasteiger charge is 2.18. The Balaban J connectivity index is 1.85. The smallest absolute Gasteiger partial charge is 0.0455 e. The van der Waals surface area contributed by atoms with E-state index in [0.29, 0.717) is 6.04 Å². The quantitative estimate of drug-likeness (QED) is 0.888. The van der Waals surface area contributed by atoms with E-state index >= 15 is 0 Å². The van der Waals surface area contributed by atoms with E-state index in [1.165, 1.54) is 38.9 Å². The van der Waals surface area contributed by atoms with Crippen LogP contribution in [0, 0.1) is 6.92 Å². The van der Waals surface area contributed by atoms with Crippen molar-refractivity contribution in [3.8, 4) is 0 Å². The minimum absolute atomic E-state index is 0.594. The summed E-state index contributed by atoms with van der Waals surface area (Å²) in [6, 6.07) is 6.84. The number of anilines is 1. The maximum atomic E-state index is 6.15. The van der Waals surface area contributed by atoms with Crippen LogP contribution in [-0.2, 0) is 0 Å². The Morgan fingerprint density at radius 3 is 2.67 bits per heavy atom. The summed E-state index contributed by atoms with van der Waals surface area (Å²) in [7, 11) is 0. The fraction of sp³-hybridized carbons (Fsp3) is 0.600. The van der Waals surface area contributed by atoms with Gasteiger partial charge in [0.05, 0.1) is 0 Å². The van der Waals surface area contributed by atoms with Crippen LogP contribution >= 0.6 is 11.6 Å². The number of benzene rings is 1. The molecule has 1 N–H and O–H groups in total. The molecule has 18 heavy (non-hydrogen) atoms. The molecule has 3 heteroatoms. The average molecular weight is 267 g/mol. The summed E-state index contributed by atoms with van der Waals surface area (Å²) in [4.78, 5) is 2.56. The van der Waals surface area contributed by atoms with Crippen molar-refractivity contribution in [2.75, 3.05) is 25.0 Å². The van der Waals surface area contributed by atoms with Gasteiger partial charge in [0.25, 0.3) is 0 Å². The molecule has 1 aliphatic rings. The second-order valence-electron chi connectivity index (χ2n) is 5.22.